The number of nitrogens with one attached hydrogen (secondary N) is 1. The van der Waals surface area contributed by atoms with Crippen molar-refractivity contribution < 1.29 is 0 Å². The largest absolute Gasteiger partial charge is 0.340 e. The molecular weight excluding hydrogens is 400 g/mol. The highest BCUT2D eigenvalue weighted by Crippen LogP contribution is 2.38. The standard InChI is InChI=1S/C26H22N4S/c1-17-3-6-21(13-18(17)2)23-15-31-26-24(23)25(28-16-29-26)30-22-7-4-19(5-8-22)14-20-9-11-27-12-10-20/h3-13,15-16H,14H2,1-2H3,(H,28,29,30). The summed E-state index contributed by atoms with van der Waals surface area (Å²) in [6.07, 6.45) is 6.18. The summed E-state index contributed by atoms with van der Waals surface area (Å²) in [7, 11) is 0. The van der Waals surface area contributed by atoms with Gasteiger partial charge in [0.05, 0.1) is 5.39 Å². The van der Waals surface area contributed by atoms with Gasteiger partial charge in [-0.3, -0.25) is 4.98 Å². The lowest BCUT2D eigenvalue weighted by Gasteiger charge is -2.10. The van der Waals surface area contributed by atoms with Gasteiger partial charge in [0.1, 0.15) is 17.0 Å². The van der Waals surface area contributed by atoms with E-state index in [1.165, 1.54) is 33.4 Å². The van der Waals surface area contributed by atoms with E-state index in [4.69, 9.17) is 0 Å². The molecule has 5 heteroatoms. The van der Waals surface area contributed by atoms with Crippen LogP contribution < -0.4 is 5.32 Å². The molecule has 0 atom stereocenters. The number of nitrogens with zero attached hydrogens (tertiary/aromatic N) is 3. The summed E-state index contributed by atoms with van der Waals surface area (Å²) in [5.74, 6) is 0.835. The zero-order chi connectivity index (χ0) is 21.2. The van der Waals surface area contributed by atoms with Crippen molar-refractivity contribution in [1.29, 1.82) is 0 Å². The molecule has 0 amide bonds. The van der Waals surface area contributed by atoms with Gasteiger partial charge in [0.2, 0.25) is 0 Å². The van der Waals surface area contributed by atoms with Crippen LogP contribution in [0.15, 0.2) is 78.7 Å². The molecule has 0 spiro atoms. The van der Waals surface area contributed by atoms with Gasteiger partial charge in [-0.25, -0.2) is 9.97 Å². The fourth-order valence-electron chi connectivity index (χ4n) is 3.67. The number of thiophene rings is 1. The summed E-state index contributed by atoms with van der Waals surface area (Å²) in [5.41, 5.74) is 8.47. The molecule has 2 aromatic carbocycles. The minimum absolute atomic E-state index is 0.835. The van der Waals surface area contributed by atoms with E-state index in [9.17, 15) is 0 Å². The highest BCUT2D eigenvalue weighted by Gasteiger charge is 2.14. The molecule has 0 radical (unpaired) electrons. The molecule has 152 valence electrons. The Balaban J connectivity index is 1.45. The Kier molecular flexibility index (Phi) is 5.18. The molecule has 0 aliphatic rings. The molecule has 4 nitrogen and oxygen atoms in total. The van der Waals surface area contributed by atoms with Crippen molar-refractivity contribution in [2.45, 2.75) is 20.3 Å². The predicted molar refractivity (Wildman–Crippen MR) is 129 cm³/mol. The monoisotopic (exact) mass is 422 g/mol. The first-order valence-corrected chi connectivity index (χ1v) is 11.1. The molecule has 0 fully saturated rings. The first kappa shape index (κ1) is 19.4. The maximum absolute atomic E-state index is 4.57. The second kappa shape index (κ2) is 8.28. The molecule has 1 N–H and O–H groups in total. The molecule has 31 heavy (non-hydrogen) atoms. The van der Waals surface area contributed by atoms with E-state index in [-0.39, 0.29) is 0 Å². The van der Waals surface area contributed by atoms with Crippen LogP contribution in [-0.4, -0.2) is 15.0 Å². The summed E-state index contributed by atoms with van der Waals surface area (Å²) < 4.78 is 0. The number of aromatic nitrogens is 3. The number of pyridine rings is 1. The molecule has 5 rings (SSSR count). The first-order chi connectivity index (χ1) is 15.2. The number of hydrogen-bond acceptors (Lipinski definition) is 5. The SMILES string of the molecule is Cc1ccc(-c2csc3ncnc(Nc4ccc(Cc5ccncc5)cc4)c23)cc1C. The molecule has 0 aliphatic carbocycles. The fourth-order valence-corrected chi connectivity index (χ4v) is 4.59. The summed E-state index contributed by atoms with van der Waals surface area (Å²) >= 11 is 1.65. The van der Waals surface area contributed by atoms with Crippen LogP contribution in [0.4, 0.5) is 11.5 Å². The lowest BCUT2D eigenvalue weighted by atomic mass is 10.0. The van der Waals surface area contributed by atoms with Crippen molar-refractivity contribution in [1.82, 2.24) is 15.0 Å². The van der Waals surface area contributed by atoms with E-state index in [1.54, 1.807) is 17.7 Å². The number of hydrogen-bond donors (Lipinski definition) is 1. The van der Waals surface area contributed by atoms with Crippen LogP contribution in [0.1, 0.15) is 22.3 Å². The zero-order valence-electron chi connectivity index (χ0n) is 17.5. The normalized spacial score (nSPS) is 11.0. The van der Waals surface area contributed by atoms with Gasteiger partial charge in [0, 0.05) is 29.0 Å². The third-order valence-electron chi connectivity index (χ3n) is 5.56. The minimum atomic E-state index is 0.835. The van der Waals surface area contributed by atoms with E-state index < -0.39 is 0 Å². The van der Waals surface area contributed by atoms with Gasteiger partial charge in [-0.2, -0.15) is 0 Å². The summed E-state index contributed by atoms with van der Waals surface area (Å²) in [5, 5.41) is 6.75. The van der Waals surface area contributed by atoms with Gasteiger partial charge in [-0.1, -0.05) is 30.3 Å². The van der Waals surface area contributed by atoms with Gasteiger partial charge < -0.3 is 5.32 Å². The van der Waals surface area contributed by atoms with E-state index >= 15 is 0 Å². The van der Waals surface area contributed by atoms with Crippen molar-refractivity contribution in [2.24, 2.45) is 0 Å². The summed E-state index contributed by atoms with van der Waals surface area (Å²) in [6.45, 7) is 4.29. The molecule has 5 aromatic rings. The smallest absolute Gasteiger partial charge is 0.143 e. The van der Waals surface area contributed by atoms with Gasteiger partial charge in [0.25, 0.3) is 0 Å². The Morgan fingerprint density at radius 2 is 1.61 bits per heavy atom. The Morgan fingerprint density at radius 3 is 2.39 bits per heavy atom. The Bertz CT molecular complexity index is 1340. The topological polar surface area (TPSA) is 50.7 Å². The maximum Gasteiger partial charge on any atom is 0.143 e. The molecule has 0 saturated heterocycles. The van der Waals surface area contributed by atoms with E-state index in [0.29, 0.717) is 0 Å². The van der Waals surface area contributed by atoms with Gasteiger partial charge >= 0.3 is 0 Å². The van der Waals surface area contributed by atoms with Crippen LogP contribution in [0.3, 0.4) is 0 Å². The summed E-state index contributed by atoms with van der Waals surface area (Å²) in [6, 6.07) is 19.2. The Labute approximate surface area is 185 Å². The molecule has 0 aliphatic heterocycles. The Morgan fingerprint density at radius 1 is 0.839 bits per heavy atom. The van der Waals surface area contributed by atoms with Crippen molar-refractivity contribution in [2.75, 3.05) is 5.32 Å². The van der Waals surface area contributed by atoms with Crippen LogP contribution >= 0.6 is 11.3 Å². The zero-order valence-corrected chi connectivity index (χ0v) is 18.3. The average molecular weight is 423 g/mol. The molecule has 0 saturated carbocycles. The summed E-state index contributed by atoms with van der Waals surface area (Å²) in [4.78, 5) is 14.1. The van der Waals surface area contributed by atoms with Gasteiger partial charge in [-0.15, -0.1) is 11.3 Å². The van der Waals surface area contributed by atoms with Gasteiger partial charge in [0.15, 0.2) is 0 Å². The number of aryl methyl sites for hydroxylation is 2. The van der Waals surface area contributed by atoms with Crippen molar-refractivity contribution in [3.05, 3.63) is 101 Å². The average Bonchev–Trinajstić information content (AvgIpc) is 3.23. The quantitative estimate of drug-likeness (QED) is 0.342. The first-order valence-electron chi connectivity index (χ1n) is 10.2. The molecule has 3 heterocycles. The van der Waals surface area contributed by atoms with Crippen LogP contribution in [0.2, 0.25) is 0 Å². The third kappa shape index (κ3) is 4.05. The third-order valence-corrected chi connectivity index (χ3v) is 6.45. The van der Waals surface area contributed by atoms with E-state index in [1.807, 2.05) is 12.4 Å². The number of anilines is 2. The molecule has 3 aromatic heterocycles. The van der Waals surface area contributed by atoms with Crippen LogP contribution in [-0.2, 0) is 6.42 Å². The lowest BCUT2D eigenvalue weighted by Crippen LogP contribution is -1.96. The molecule has 0 bridgehead atoms. The lowest BCUT2D eigenvalue weighted by molar-refractivity contribution is 1.16. The molecule has 0 unspecified atom stereocenters. The highest BCUT2D eigenvalue weighted by molar-refractivity contribution is 7.17. The van der Waals surface area contributed by atoms with Crippen molar-refractivity contribution in [3.63, 3.8) is 0 Å². The Hall–Kier alpha value is -3.57. The minimum Gasteiger partial charge on any atom is -0.340 e. The fraction of sp³-hybridized carbons (Fsp3) is 0.115. The predicted octanol–water partition coefficient (Wildman–Crippen LogP) is 6.70. The second-order valence-electron chi connectivity index (χ2n) is 7.71. The van der Waals surface area contributed by atoms with E-state index in [0.717, 1.165) is 28.1 Å². The van der Waals surface area contributed by atoms with Crippen molar-refractivity contribution in [3.8, 4) is 11.1 Å². The highest BCUT2D eigenvalue weighted by atomic mass is 32.1. The van der Waals surface area contributed by atoms with Crippen LogP contribution in [0.5, 0.6) is 0 Å². The second-order valence-corrected chi connectivity index (χ2v) is 8.56. The number of benzene rings is 2. The number of rotatable bonds is 5. The van der Waals surface area contributed by atoms with E-state index in [2.05, 4.69) is 94.1 Å². The maximum atomic E-state index is 4.57. The van der Waals surface area contributed by atoms with Gasteiger partial charge in [-0.05, 0) is 72.4 Å². The molecular formula is C26H22N4S. The van der Waals surface area contributed by atoms with Crippen LogP contribution in [0, 0.1) is 13.8 Å². The number of fused-ring (bicyclic) bond motifs is 1. The van der Waals surface area contributed by atoms with Crippen molar-refractivity contribution >= 4 is 33.1 Å². The van der Waals surface area contributed by atoms with Crippen LogP contribution in [0.25, 0.3) is 21.3 Å².